The minimum absolute atomic E-state index is 0.127. The molecule has 0 saturated carbocycles. The average Bonchev–Trinajstić information content (AvgIpc) is 2.38. The Kier molecular flexibility index (Phi) is 2.39. The molecule has 3 nitrogen and oxygen atoms in total. The molecule has 1 aromatic carbocycles. The number of aromatic carboxylic acids is 1. The Balaban J connectivity index is 2.99. The van der Waals surface area contributed by atoms with Crippen molar-refractivity contribution in [1.29, 1.82) is 0 Å². The third-order valence-corrected chi connectivity index (χ3v) is 2.95. The Bertz CT molecular complexity index is 604. The molecule has 0 amide bonds. The molecule has 0 radical (unpaired) electrons. The quantitative estimate of drug-likeness (QED) is 0.834. The van der Waals surface area contributed by atoms with Gasteiger partial charge in [0.2, 0.25) is 0 Å². The minimum atomic E-state index is -1.05. The fraction of sp³-hybridized carbons (Fsp3) is 0.182. The fourth-order valence-corrected chi connectivity index (χ4v) is 2.32. The third-order valence-electron chi connectivity index (χ3n) is 2.66. The molecule has 0 aliphatic rings. The molecule has 0 fully saturated rings. The lowest BCUT2D eigenvalue weighted by molar-refractivity contribution is 0.0686. The SMILES string of the molecule is Cc1c(C(=O)O)n(C)c2c(Cl)cc(F)cc12. The number of carboxylic acids is 1. The van der Waals surface area contributed by atoms with E-state index in [1.54, 1.807) is 14.0 Å². The summed E-state index contributed by atoms with van der Waals surface area (Å²) in [4.78, 5) is 11.1. The Morgan fingerprint density at radius 3 is 2.69 bits per heavy atom. The third kappa shape index (κ3) is 1.38. The van der Waals surface area contributed by atoms with E-state index in [0.717, 1.165) is 0 Å². The minimum Gasteiger partial charge on any atom is -0.477 e. The zero-order valence-corrected chi connectivity index (χ0v) is 9.47. The van der Waals surface area contributed by atoms with Gasteiger partial charge in [-0.25, -0.2) is 9.18 Å². The number of aryl methyl sites for hydroxylation is 2. The highest BCUT2D eigenvalue weighted by Crippen LogP contribution is 2.31. The second-order valence-corrected chi connectivity index (χ2v) is 4.03. The van der Waals surface area contributed by atoms with Crippen molar-refractivity contribution < 1.29 is 14.3 Å². The van der Waals surface area contributed by atoms with Crippen LogP contribution in [0.2, 0.25) is 5.02 Å². The average molecular weight is 242 g/mol. The zero-order valence-electron chi connectivity index (χ0n) is 8.71. The van der Waals surface area contributed by atoms with Gasteiger partial charge in [0.05, 0.1) is 10.5 Å². The summed E-state index contributed by atoms with van der Waals surface area (Å²) in [5.74, 6) is -1.52. The van der Waals surface area contributed by atoms with Gasteiger partial charge in [-0.2, -0.15) is 0 Å². The van der Waals surface area contributed by atoms with Crippen molar-refractivity contribution in [2.24, 2.45) is 7.05 Å². The van der Waals surface area contributed by atoms with Gasteiger partial charge in [0.25, 0.3) is 0 Å². The van der Waals surface area contributed by atoms with Crippen LogP contribution in [0.5, 0.6) is 0 Å². The Morgan fingerprint density at radius 1 is 1.50 bits per heavy atom. The van der Waals surface area contributed by atoms with E-state index in [2.05, 4.69) is 0 Å². The molecule has 1 heterocycles. The molecule has 0 aliphatic heterocycles. The predicted octanol–water partition coefficient (Wildman–Crippen LogP) is 2.98. The van der Waals surface area contributed by atoms with E-state index in [1.807, 2.05) is 0 Å². The van der Waals surface area contributed by atoms with Crippen LogP contribution in [0.3, 0.4) is 0 Å². The number of nitrogens with zero attached hydrogens (tertiary/aromatic N) is 1. The normalized spacial score (nSPS) is 11.0. The van der Waals surface area contributed by atoms with Gasteiger partial charge in [-0.3, -0.25) is 0 Å². The highest BCUT2D eigenvalue weighted by Gasteiger charge is 2.19. The molecule has 1 aromatic heterocycles. The molecule has 5 heteroatoms. The van der Waals surface area contributed by atoms with Crippen molar-refractivity contribution in [3.05, 3.63) is 34.2 Å². The van der Waals surface area contributed by atoms with E-state index in [9.17, 15) is 9.18 Å². The molecular weight excluding hydrogens is 233 g/mol. The van der Waals surface area contributed by atoms with Gasteiger partial charge in [0, 0.05) is 12.4 Å². The number of hydrogen-bond acceptors (Lipinski definition) is 1. The van der Waals surface area contributed by atoms with E-state index in [1.165, 1.54) is 16.7 Å². The van der Waals surface area contributed by atoms with Crippen molar-refractivity contribution in [3.8, 4) is 0 Å². The van der Waals surface area contributed by atoms with Gasteiger partial charge in [-0.05, 0) is 24.6 Å². The summed E-state index contributed by atoms with van der Waals surface area (Å²) in [5, 5.41) is 9.80. The highest BCUT2D eigenvalue weighted by atomic mass is 35.5. The molecule has 1 N–H and O–H groups in total. The molecule has 2 rings (SSSR count). The molecule has 2 aromatic rings. The van der Waals surface area contributed by atoms with E-state index in [-0.39, 0.29) is 10.7 Å². The van der Waals surface area contributed by atoms with Crippen LogP contribution < -0.4 is 0 Å². The first-order valence-corrected chi connectivity index (χ1v) is 4.98. The van der Waals surface area contributed by atoms with Gasteiger partial charge >= 0.3 is 5.97 Å². The Labute approximate surface area is 96.1 Å². The summed E-state index contributed by atoms with van der Waals surface area (Å²) in [6, 6.07) is 2.47. The second kappa shape index (κ2) is 3.49. The lowest BCUT2D eigenvalue weighted by atomic mass is 10.1. The molecule has 16 heavy (non-hydrogen) atoms. The van der Waals surface area contributed by atoms with Crippen molar-refractivity contribution >= 4 is 28.5 Å². The number of fused-ring (bicyclic) bond motifs is 1. The van der Waals surface area contributed by atoms with Crippen LogP contribution in [0.25, 0.3) is 10.9 Å². The van der Waals surface area contributed by atoms with E-state index in [0.29, 0.717) is 16.5 Å². The van der Waals surface area contributed by atoms with Crippen LogP contribution in [0, 0.1) is 12.7 Å². The number of carbonyl (C=O) groups is 1. The zero-order chi connectivity index (χ0) is 12.0. The number of hydrogen-bond donors (Lipinski definition) is 1. The van der Waals surface area contributed by atoms with Crippen molar-refractivity contribution in [2.45, 2.75) is 6.92 Å². The van der Waals surface area contributed by atoms with Crippen molar-refractivity contribution in [2.75, 3.05) is 0 Å². The lowest BCUT2D eigenvalue weighted by Gasteiger charge is -2.01. The molecule has 0 atom stereocenters. The number of aromatic nitrogens is 1. The summed E-state index contributed by atoms with van der Waals surface area (Å²) >= 11 is 5.90. The summed E-state index contributed by atoms with van der Waals surface area (Å²) in [6.07, 6.45) is 0. The van der Waals surface area contributed by atoms with Gasteiger partial charge in [-0.1, -0.05) is 11.6 Å². The van der Waals surface area contributed by atoms with Crippen molar-refractivity contribution in [1.82, 2.24) is 4.57 Å². The van der Waals surface area contributed by atoms with E-state index >= 15 is 0 Å². The van der Waals surface area contributed by atoms with Gasteiger partial charge < -0.3 is 9.67 Å². The standard InChI is InChI=1S/C11H9ClFNO2/c1-5-7-3-6(13)4-8(12)10(7)14(2)9(5)11(15)16/h3-4H,1-2H3,(H,15,16). The maximum atomic E-state index is 13.2. The Hall–Kier alpha value is -1.55. The molecule has 0 unspecified atom stereocenters. The number of carboxylic acid groups (broad SMARTS) is 1. The van der Waals surface area contributed by atoms with Gasteiger partial charge in [0.1, 0.15) is 11.5 Å². The monoisotopic (exact) mass is 241 g/mol. The molecular formula is C11H9ClFNO2. The van der Waals surface area contributed by atoms with Crippen LogP contribution in [0.1, 0.15) is 16.1 Å². The largest absolute Gasteiger partial charge is 0.477 e. The molecule has 0 saturated heterocycles. The highest BCUT2D eigenvalue weighted by molar-refractivity contribution is 6.35. The molecule has 0 spiro atoms. The van der Waals surface area contributed by atoms with Gasteiger partial charge in [-0.15, -0.1) is 0 Å². The first kappa shape index (κ1) is 11.0. The Morgan fingerprint density at radius 2 is 2.12 bits per heavy atom. The maximum absolute atomic E-state index is 13.2. The van der Waals surface area contributed by atoms with E-state index in [4.69, 9.17) is 16.7 Å². The predicted molar refractivity (Wildman–Crippen MR) is 59.6 cm³/mol. The number of rotatable bonds is 1. The van der Waals surface area contributed by atoms with Gasteiger partial charge in [0.15, 0.2) is 0 Å². The summed E-state index contributed by atoms with van der Waals surface area (Å²) < 4.78 is 14.6. The molecule has 0 bridgehead atoms. The van der Waals surface area contributed by atoms with Crippen LogP contribution in [0.15, 0.2) is 12.1 Å². The van der Waals surface area contributed by atoms with Crippen LogP contribution >= 0.6 is 11.6 Å². The summed E-state index contributed by atoms with van der Waals surface area (Å²) in [6.45, 7) is 1.64. The summed E-state index contributed by atoms with van der Waals surface area (Å²) in [7, 11) is 1.60. The first-order valence-electron chi connectivity index (χ1n) is 4.60. The topological polar surface area (TPSA) is 42.2 Å². The fourth-order valence-electron chi connectivity index (χ4n) is 1.99. The van der Waals surface area contributed by atoms with E-state index < -0.39 is 11.8 Å². The second-order valence-electron chi connectivity index (χ2n) is 3.62. The molecule has 0 aliphatic carbocycles. The maximum Gasteiger partial charge on any atom is 0.352 e. The number of halogens is 2. The lowest BCUT2D eigenvalue weighted by Crippen LogP contribution is -2.05. The van der Waals surface area contributed by atoms with Crippen LogP contribution in [-0.2, 0) is 7.05 Å². The van der Waals surface area contributed by atoms with Crippen molar-refractivity contribution in [3.63, 3.8) is 0 Å². The smallest absolute Gasteiger partial charge is 0.352 e. The van der Waals surface area contributed by atoms with Crippen LogP contribution in [-0.4, -0.2) is 15.6 Å². The first-order chi connectivity index (χ1) is 7.43. The molecule has 84 valence electrons. The summed E-state index contributed by atoms with van der Waals surface area (Å²) in [5.41, 5.74) is 1.19. The number of benzene rings is 1. The van der Waals surface area contributed by atoms with Crippen LogP contribution in [0.4, 0.5) is 4.39 Å².